The van der Waals surface area contributed by atoms with Crippen LogP contribution in [0.3, 0.4) is 0 Å². The highest BCUT2D eigenvalue weighted by atomic mass is 35.5. The van der Waals surface area contributed by atoms with Gasteiger partial charge in [-0.1, -0.05) is 31.5 Å². The monoisotopic (exact) mass is 439 g/mol. The molecule has 0 unspecified atom stereocenters. The molecule has 2 N–H and O–H groups in total. The van der Waals surface area contributed by atoms with Gasteiger partial charge in [0, 0.05) is 12.1 Å². The molecular formula is C18H19ClF5N3O2. The molecule has 11 heteroatoms. The number of halogens is 6. The van der Waals surface area contributed by atoms with Crippen molar-refractivity contribution in [1.82, 2.24) is 9.78 Å². The molecule has 0 saturated heterocycles. The molecule has 2 rings (SSSR count). The molecular weight excluding hydrogens is 421 g/mol. The second-order valence-corrected chi connectivity index (χ2v) is 7.34. The van der Waals surface area contributed by atoms with Crippen LogP contribution in [-0.2, 0) is 13.0 Å². The smallest absolute Gasteiger partial charge is 0.394 e. The molecule has 0 saturated carbocycles. The van der Waals surface area contributed by atoms with Crippen LogP contribution in [0.4, 0.5) is 22.0 Å². The van der Waals surface area contributed by atoms with Gasteiger partial charge in [-0.05, 0) is 31.0 Å². The van der Waals surface area contributed by atoms with E-state index in [0.29, 0.717) is 0 Å². The molecule has 1 aromatic heterocycles. The molecule has 29 heavy (non-hydrogen) atoms. The van der Waals surface area contributed by atoms with Crippen molar-refractivity contribution in [3.63, 3.8) is 0 Å². The van der Waals surface area contributed by atoms with E-state index in [-0.39, 0.29) is 39.8 Å². The summed E-state index contributed by atoms with van der Waals surface area (Å²) in [5.41, 5.74) is 3.17. The first kappa shape index (κ1) is 22.9. The number of carbonyl (C=O) groups is 1. The SMILES string of the molecule is CCn1nc(C(N)=O)c(Cl)c1-c1ccc(CC(C)(C)C(F)(F)F)cc1OC(F)F. The Morgan fingerprint density at radius 3 is 2.41 bits per heavy atom. The predicted molar refractivity (Wildman–Crippen MR) is 97.0 cm³/mol. The molecule has 0 aliphatic heterocycles. The first-order chi connectivity index (χ1) is 13.3. The van der Waals surface area contributed by atoms with Crippen LogP contribution in [0.25, 0.3) is 11.3 Å². The van der Waals surface area contributed by atoms with Crippen molar-refractivity contribution in [2.45, 2.75) is 46.5 Å². The van der Waals surface area contributed by atoms with E-state index in [2.05, 4.69) is 9.84 Å². The minimum absolute atomic E-state index is 0.0470. The van der Waals surface area contributed by atoms with Gasteiger partial charge < -0.3 is 10.5 Å². The number of hydrogen-bond acceptors (Lipinski definition) is 3. The van der Waals surface area contributed by atoms with E-state index in [4.69, 9.17) is 17.3 Å². The molecule has 1 heterocycles. The maximum atomic E-state index is 13.2. The molecule has 1 amide bonds. The zero-order valence-electron chi connectivity index (χ0n) is 15.8. The highest BCUT2D eigenvalue weighted by molar-refractivity contribution is 6.36. The third-order valence-corrected chi connectivity index (χ3v) is 4.72. The molecule has 0 bridgehead atoms. The summed E-state index contributed by atoms with van der Waals surface area (Å²) >= 11 is 6.18. The van der Waals surface area contributed by atoms with Gasteiger partial charge in [0.25, 0.3) is 5.91 Å². The fourth-order valence-corrected chi connectivity index (χ4v) is 3.09. The Labute approximate surface area is 168 Å². The van der Waals surface area contributed by atoms with Gasteiger partial charge >= 0.3 is 12.8 Å². The van der Waals surface area contributed by atoms with Crippen molar-refractivity contribution < 1.29 is 31.5 Å². The number of aromatic nitrogens is 2. The van der Waals surface area contributed by atoms with Crippen molar-refractivity contribution >= 4 is 17.5 Å². The minimum atomic E-state index is -4.49. The van der Waals surface area contributed by atoms with Gasteiger partial charge in [-0.3, -0.25) is 9.48 Å². The molecule has 0 aliphatic carbocycles. The van der Waals surface area contributed by atoms with Crippen LogP contribution in [0.2, 0.25) is 5.02 Å². The molecule has 2 aromatic rings. The van der Waals surface area contributed by atoms with Gasteiger partial charge in [0.1, 0.15) is 5.75 Å². The molecule has 0 fully saturated rings. The number of benzene rings is 1. The molecule has 0 radical (unpaired) electrons. The molecule has 160 valence electrons. The van der Waals surface area contributed by atoms with Crippen molar-refractivity contribution in [1.29, 1.82) is 0 Å². The second kappa shape index (κ2) is 8.17. The number of nitrogens with zero attached hydrogens (tertiary/aromatic N) is 2. The lowest BCUT2D eigenvalue weighted by Crippen LogP contribution is -2.34. The summed E-state index contributed by atoms with van der Waals surface area (Å²) in [5.74, 6) is -1.30. The second-order valence-electron chi connectivity index (χ2n) is 6.96. The lowest BCUT2D eigenvalue weighted by atomic mass is 9.84. The first-order valence-electron chi connectivity index (χ1n) is 8.49. The lowest BCUT2D eigenvalue weighted by Gasteiger charge is -2.28. The quantitative estimate of drug-likeness (QED) is 0.613. The predicted octanol–water partition coefficient (Wildman–Crippen LogP) is 5.05. The molecule has 0 spiro atoms. The summed E-state index contributed by atoms with van der Waals surface area (Å²) in [7, 11) is 0. The zero-order chi connectivity index (χ0) is 22.1. The Balaban J connectivity index is 2.61. The summed E-state index contributed by atoms with van der Waals surface area (Å²) in [6.07, 6.45) is -4.94. The summed E-state index contributed by atoms with van der Waals surface area (Å²) < 4.78 is 71.3. The average molecular weight is 440 g/mol. The highest BCUT2D eigenvalue weighted by Gasteiger charge is 2.47. The van der Waals surface area contributed by atoms with Crippen LogP contribution < -0.4 is 10.5 Å². The van der Waals surface area contributed by atoms with Crippen LogP contribution in [-0.4, -0.2) is 28.5 Å². The number of rotatable bonds is 7. The van der Waals surface area contributed by atoms with E-state index in [1.807, 2.05) is 0 Å². The number of aryl methyl sites for hydroxylation is 1. The third-order valence-electron chi connectivity index (χ3n) is 4.36. The van der Waals surface area contributed by atoms with Crippen LogP contribution in [0.1, 0.15) is 36.8 Å². The fourth-order valence-electron chi connectivity index (χ4n) is 2.76. The van der Waals surface area contributed by atoms with Crippen molar-refractivity contribution in [2.24, 2.45) is 11.1 Å². The van der Waals surface area contributed by atoms with Crippen LogP contribution in [0.15, 0.2) is 18.2 Å². The van der Waals surface area contributed by atoms with Gasteiger partial charge in [-0.2, -0.15) is 27.1 Å². The van der Waals surface area contributed by atoms with E-state index in [9.17, 15) is 26.7 Å². The maximum Gasteiger partial charge on any atom is 0.394 e. The number of hydrogen-bond donors (Lipinski definition) is 1. The van der Waals surface area contributed by atoms with E-state index in [1.165, 1.54) is 16.8 Å². The summed E-state index contributed by atoms with van der Waals surface area (Å²) in [5, 5.41) is 3.79. The number of carbonyl (C=O) groups excluding carboxylic acids is 1. The lowest BCUT2D eigenvalue weighted by molar-refractivity contribution is -0.211. The largest absolute Gasteiger partial charge is 0.434 e. The van der Waals surface area contributed by atoms with Crippen LogP contribution in [0, 0.1) is 5.41 Å². The first-order valence-corrected chi connectivity index (χ1v) is 8.87. The van der Waals surface area contributed by atoms with E-state index >= 15 is 0 Å². The Morgan fingerprint density at radius 1 is 1.31 bits per heavy atom. The topological polar surface area (TPSA) is 70.1 Å². The average Bonchev–Trinajstić information content (AvgIpc) is 2.90. The minimum Gasteiger partial charge on any atom is -0.434 e. The number of amides is 1. The Morgan fingerprint density at radius 2 is 1.93 bits per heavy atom. The standard InChI is InChI=1S/C18H19ClF5N3O2/c1-4-27-14(12(19)13(26-27)15(25)28)10-6-5-9(7-11(10)29-16(20)21)8-17(2,3)18(22,23)24/h5-7,16H,4,8H2,1-3H3,(H2,25,28). The van der Waals surface area contributed by atoms with E-state index in [0.717, 1.165) is 19.9 Å². The Hall–Kier alpha value is -2.36. The molecule has 1 aromatic carbocycles. The van der Waals surface area contributed by atoms with Gasteiger partial charge in [-0.25, -0.2) is 0 Å². The van der Waals surface area contributed by atoms with Crippen LogP contribution >= 0.6 is 11.6 Å². The van der Waals surface area contributed by atoms with Gasteiger partial charge in [0.15, 0.2) is 5.69 Å². The third kappa shape index (κ3) is 4.80. The Kier molecular flexibility index (Phi) is 6.46. The Bertz CT molecular complexity index is 910. The molecule has 0 aliphatic rings. The summed E-state index contributed by atoms with van der Waals surface area (Å²) in [4.78, 5) is 11.5. The summed E-state index contributed by atoms with van der Waals surface area (Å²) in [6.45, 7) is 0.685. The van der Waals surface area contributed by atoms with Gasteiger partial charge in [-0.15, -0.1) is 0 Å². The van der Waals surface area contributed by atoms with Gasteiger partial charge in [0.2, 0.25) is 0 Å². The summed E-state index contributed by atoms with van der Waals surface area (Å²) in [6, 6.07) is 3.76. The highest BCUT2D eigenvalue weighted by Crippen LogP contribution is 2.42. The van der Waals surface area contributed by atoms with E-state index in [1.54, 1.807) is 6.92 Å². The number of ether oxygens (including phenoxy) is 1. The van der Waals surface area contributed by atoms with Gasteiger partial charge in [0.05, 0.1) is 16.1 Å². The number of nitrogens with two attached hydrogens (primary N) is 1. The fraction of sp³-hybridized carbons (Fsp3) is 0.444. The zero-order valence-corrected chi connectivity index (χ0v) is 16.5. The van der Waals surface area contributed by atoms with Crippen molar-refractivity contribution in [3.05, 3.63) is 34.5 Å². The number of primary amides is 1. The number of alkyl halides is 5. The normalized spacial score (nSPS) is 12.5. The van der Waals surface area contributed by atoms with Crippen molar-refractivity contribution in [3.8, 4) is 17.0 Å². The van der Waals surface area contributed by atoms with E-state index < -0.39 is 30.5 Å². The van der Waals surface area contributed by atoms with Crippen LogP contribution in [0.5, 0.6) is 5.75 Å². The van der Waals surface area contributed by atoms with Crippen molar-refractivity contribution in [2.75, 3.05) is 0 Å². The maximum absolute atomic E-state index is 13.2. The molecule has 0 atom stereocenters. The molecule has 5 nitrogen and oxygen atoms in total.